The van der Waals surface area contributed by atoms with Gasteiger partial charge in [0.25, 0.3) is 0 Å². The van der Waals surface area contributed by atoms with Gasteiger partial charge in [-0.1, -0.05) is 42.8 Å². The van der Waals surface area contributed by atoms with Crippen molar-refractivity contribution in [2.24, 2.45) is 5.10 Å². The molecular weight excluding hydrogens is 334 g/mol. The molecule has 0 heterocycles. The average Bonchev–Trinajstić information content (AvgIpc) is 2.62. The van der Waals surface area contributed by atoms with Crippen molar-refractivity contribution in [1.29, 1.82) is 0 Å². The number of para-hydroxylation sites is 1. The number of hydrogen-bond acceptors (Lipinski definition) is 4. The van der Waals surface area contributed by atoms with Gasteiger partial charge in [-0.05, 0) is 44.0 Å². The topological polar surface area (TPSA) is 61.8 Å². The quantitative estimate of drug-likeness (QED) is 0.420. The molecule has 6 heteroatoms. The van der Waals surface area contributed by atoms with Gasteiger partial charge in [0, 0.05) is 19.3 Å². The molecule has 0 amide bonds. The molecule has 0 aliphatic heterocycles. The fraction of sp³-hybridized carbons (Fsp3) is 0.316. The summed E-state index contributed by atoms with van der Waals surface area (Å²) in [6.07, 6.45) is 3.21. The fourth-order valence-corrected chi connectivity index (χ4v) is 3.85. The molecule has 5 nitrogen and oxygen atoms in total. The van der Waals surface area contributed by atoms with Crippen molar-refractivity contribution in [3.8, 4) is 0 Å². The maximum atomic E-state index is 12.7. The number of rotatable bonds is 9. The van der Waals surface area contributed by atoms with Crippen LogP contribution in [0.4, 0.5) is 5.69 Å². The number of hydrogen-bond donors (Lipinski definition) is 1. The molecule has 0 bridgehead atoms. The third-order valence-corrected chi connectivity index (χ3v) is 5.80. The third-order valence-electron chi connectivity index (χ3n) is 3.81. The normalized spacial score (nSPS) is 12.0. The van der Waals surface area contributed by atoms with Crippen LogP contribution in [0, 0.1) is 6.92 Å². The van der Waals surface area contributed by atoms with E-state index in [1.165, 1.54) is 4.31 Å². The zero-order valence-electron chi connectivity index (χ0n) is 14.7. The molecule has 0 radical (unpaired) electrons. The predicted molar refractivity (Wildman–Crippen MR) is 103 cm³/mol. The van der Waals surface area contributed by atoms with Gasteiger partial charge in [-0.15, -0.1) is 0 Å². The highest BCUT2D eigenvalue weighted by Crippen LogP contribution is 2.16. The Labute approximate surface area is 150 Å². The smallest absolute Gasteiger partial charge is 0.243 e. The number of sulfonamides is 1. The number of nitrogens with zero attached hydrogens (tertiary/aromatic N) is 2. The average molecular weight is 359 g/mol. The highest BCUT2D eigenvalue weighted by atomic mass is 32.2. The Hall–Kier alpha value is -2.18. The van der Waals surface area contributed by atoms with Crippen molar-refractivity contribution >= 4 is 21.9 Å². The number of anilines is 1. The predicted octanol–water partition coefficient (Wildman–Crippen LogP) is 3.88. The Morgan fingerprint density at radius 3 is 2.40 bits per heavy atom. The molecule has 25 heavy (non-hydrogen) atoms. The van der Waals surface area contributed by atoms with Crippen LogP contribution in [0.3, 0.4) is 0 Å². The first-order chi connectivity index (χ1) is 12.0. The van der Waals surface area contributed by atoms with Gasteiger partial charge in [0.1, 0.15) is 0 Å². The lowest BCUT2D eigenvalue weighted by molar-refractivity contribution is 0.424. The summed E-state index contributed by atoms with van der Waals surface area (Å²) in [4.78, 5) is 0.347. The second-order valence-corrected chi connectivity index (χ2v) is 7.68. The maximum Gasteiger partial charge on any atom is 0.243 e. The molecule has 2 aromatic rings. The molecule has 0 unspecified atom stereocenters. The molecule has 2 rings (SSSR count). The van der Waals surface area contributed by atoms with Crippen LogP contribution in [0.5, 0.6) is 0 Å². The molecule has 134 valence electrons. The summed E-state index contributed by atoms with van der Waals surface area (Å²) in [6, 6.07) is 16.7. The van der Waals surface area contributed by atoms with E-state index in [0.29, 0.717) is 24.4 Å². The summed E-state index contributed by atoms with van der Waals surface area (Å²) in [5, 5.41) is 4.15. The number of unbranched alkanes of at least 4 members (excludes halogenated alkanes) is 1. The van der Waals surface area contributed by atoms with E-state index in [2.05, 4.69) is 10.5 Å². The highest BCUT2D eigenvalue weighted by Gasteiger charge is 2.22. The van der Waals surface area contributed by atoms with Crippen molar-refractivity contribution in [2.45, 2.75) is 31.6 Å². The van der Waals surface area contributed by atoms with Gasteiger partial charge < -0.3 is 0 Å². The van der Waals surface area contributed by atoms with E-state index in [-0.39, 0.29) is 0 Å². The monoisotopic (exact) mass is 359 g/mol. The molecular formula is C19H25N3O2S. The Bertz CT molecular complexity index is 772. The number of aryl methyl sites for hydroxylation is 1. The first-order valence-electron chi connectivity index (χ1n) is 8.43. The molecule has 0 spiro atoms. The zero-order valence-corrected chi connectivity index (χ0v) is 15.5. The molecule has 1 N–H and O–H groups in total. The summed E-state index contributed by atoms with van der Waals surface area (Å²) in [5.74, 6) is 0. The second kappa shape index (κ2) is 9.34. The molecule has 0 aliphatic carbocycles. The second-order valence-electron chi connectivity index (χ2n) is 5.74. The van der Waals surface area contributed by atoms with E-state index in [9.17, 15) is 8.42 Å². The van der Waals surface area contributed by atoms with Crippen LogP contribution in [-0.4, -0.2) is 32.0 Å². The van der Waals surface area contributed by atoms with Crippen LogP contribution in [0.25, 0.3) is 0 Å². The maximum absolute atomic E-state index is 12.7. The number of hydrazone groups is 1. The first kappa shape index (κ1) is 19.1. The molecule has 0 atom stereocenters. The zero-order chi connectivity index (χ0) is 18.1. The Balaban J connectivity index is 1.84. The van der Waals surface area contributed by atoms with Crippen LogP contribution in [0.1, 0.15) is 25.3 Å². The van der Waals surface area contributed by atoms with E-state index in [1.54, 1.807) is 18.3 Å². The highest BCUT2D eigenvalue weighted by molar-refractivity contribution is 7.89. The van der Waals surface area contributed by atoms with E-state index in [0.717, 1.165) is 17.7 Å². The lowest BCUT2D eigenvalue weighted by atomic mass is 10.2. The van der Waals surface area contributed by atoms with Gasteiger partial charge in [0.05, 0.1) is 10.6 Å². The number of benzene rings is 2. The van der Waals surface area contributed by atoms with Gasteiger partial charge in [0.15, 0.2) is 0 Å². The van der Waals surface area contributed by atoms with Crippen molar-refractivity contribution in [1.82, 2.24) is 4.31 Å². The summed E-state index contributed by atoms with van der Waals surface area (Å²) in [7, 11) is -3.43. The van der Waals surface area contributed by atoms with Crippen molar-refractivity contribution in [3.05, 3.63) is 60.2 Å². The van der Waals surface area contributed by atoms with Gasteiger partial charge >= 0.3 is 0 Å². The minimum absolute atomic E-state index is 0.347. The summed E-state index contributed by atoms with van der Waals surface area (Å²) >= 11 is 0. The van der Waals surface area contributed by atoms with Crippen LogP contribution in [0.15, 0.2) is 64.6 Å². The SMILES string of the molecule is CCN(CCC/C=N/Nc1ccccc1)S(=O)(=O)c1ccc(C)cc1. The summed E-state index contributed by atoms with van der Waals surface area (Å²) < 4.78 is 26.8. The van der Waals surface area contributed by atoms with Crippen LogP contribution >= 0.6 is 0 Å². The molecule has 0 saturated carbocycles. The lowest BCUT2D eigenvalue weighted by Gasteiger charge is -2.20. The third kappa shape index (κ3) is 5.69. The van der Waals surface area contributed by atoms with Gasteiger partial charge in [0.2, 0.25) is 10.0 Å². The Kier molecular flexibility index (Phi) is 7.16. The molecule has 0 saturated heterocycles. The Morgan fingerprint density at radius 2 is 1.76 bits per heavy atom. The summed E-state index contributed by atoms with van der Waals surface area (Å²) in [6.45, 7) is 4.73. The largest absolute Gasteiger partial charge is 0.279 e. The van der Waals surface area contributed by atoms with Crippen molar-refractivity contribution < 1.29 is 8.42 Å². The van der Waals surface area contributed by atoms with Gasteiger partial charge in [-0.3, -0.25) is 5.43 Å². The van der Waals surface area contributed by atoms with Crippen molar-refractivity contribution in [3.63, 3.8) is 0 Å². The first-order valence-corrected chi connectivity index (χ1v) is 9.87. The van der Waals surface area contributed by atoms with E-state index < -0.39 is 10.0 Å². The molecule has 0 aliphatic rings. The van der Waals surface area contributed by atoms with E-state index in [4.69, 9.17) is 0 Å². The van der Waals surface area contributed by atoms with Crippen LogP contribution < -0.4 is 5.43 Å². The molecule has 0 fully saturated rings. The minimum Gasteiger partial charge on any atom is -0.279 e. The number of nitrogens with one attached hydrogen (secondary N) is 1. The lowest BCUT2D eigenvalue weighted by Crippen LogP contribution is -2.31. The molecule has 2 aromatic carbocycles. The fourth-order valence-electron chi connectivity index (χ4n) is 2.36. The van der Waals surface area contributed by atoms with Gasteiger partial charge in [-0.25, -0.2) is 8.42 Å². The van der Waals surface area contributed by atoms with Crippen LogP contribution in [0.2, 0.25) is 0 Å². The summed E-state index contributed by atoms with van der Waals surface area (Å²) in [5.41, 5.74) is 4.92. The van der Waals surface area contributed by atoms with Crippen molar-refractivity contribution in [2.75, 3.05) is 18.5 Å². The minimum atomic E-state index is -3.43. The van der Waals surface area contributed by atoms with Crippen LogP contribution in [-0.2, 0) is 10.0 Å². The molecule has 0 aromatic heterocycles. The van der Waals surface area contributed by atoms with E-state index in [1.807, 2.05) is 56.3 Å². The van der Waals surface area contributed by atoms with Gasteiger partial charge in [-0.2, -0.15) is 9.41 Å². The van der Waals surface area contributed by atoms with E-state index >= 15 is 0 Å². The Morgan fingerprint density at radius 1 is 1.08 bits per heavy atom. The standard InChI is InChI=1S/C19H25N3O2S/c1-3-22(25(23,24)19-13-11-17(2)12-14-19)16-8-7-15-20-21-18-9-5-4-6-10-18/h4-6,9-15,21H,3,7-8,16H2,1-2H3/b20-15+.